The lowest BCUT2D eigenvalue weighted by molar-refractivity contribution is -0.118. The number of benzene rings is 1. The van der Waals surface area contributed by atoms with E-state index in [0.717, 1.165) is 10.7 Å². The van der Waals surface area contributed by atoms with E-state index in [4.69, 9.17) is 4.42 Å². The number of rotatable bonds is 6. The van der Waals surface area contributed by atoms with Crippen LogP contribution in [0.5, 0.6) is 0 Å². The molecule has 106 valence electrons. The maximum absolute atomic E-state index is 11.7. The summed E-state index contributed by atoms with van der Waals surface area (Å²) >= 11 is 1.54. The zero-order valence-corrected chi connectivity index (χ0v) is 12.6. The Balaban J connectivity index is 1.75. The fraction of sp³-hybridized carbons (Fsp3) is 0.312. The van der Waals surface area contributed by atoms with E-state index in [0.29, 0.717) is 18.2 Å². The Hall–Kier alpha value is -1.68. The fourth-order valence-corrected chi connectivity index (χ4v) is 2.48. The molecule has 20 heavy (non-hydrogen) atoms. The van der Waals surface area contributed by atoms with Crippen LogP contribution in [0.1, 0.15) is 31.1 Å². The van der Waals surface area contributed by atoms with Crippen molar-refractivity contribution in [3.05, 3.63) is 54.0 Å². The molecule has 1 aromatic heterocycles. The highest BCUT2D eigenvalue weighted by molar-refractivity contribution is 8.00. The topological polar surface area (TPSA) is 42.2 Å². The summed E-state index contributed by atoms with van der Waals surface area (Å²) in [5, 5.41) is 2.83. The Labute approximate surface area is 123 Å². The van der Waals surface area contributed by atoms with Crippen LogP contribution in [-0.4, -0.2) is 11.7 Å². The molecule has 0 fully saturated rings. The minimum absolute atomic E-state index is 0.0133. The molecule has 1 amide bonds. The van der Waals surface area contributed by atoms with Gasteiger partial charge in [-0.25, -0.2) is 0 Å². The minimum atomic E-state index is 0.0133. The lowest BCUT2D eigenvalue weighted by Crippen LogP contribution is -2.24. The summed E-state index contributed by atoms with van der Waals surface area (Å²) in [6.45, 7) is 4.78. The van der Waals surface area contributed by atoms with Crippen molar-refractivity contribution in [2.75, 3.05) is 5.75 Å². The van der Waals surface area contributed by atoms with Gasteiger partial charge in [0.05, 0.1) is 18.6 Å². The normalized spacial score (nSPS) is 10.8. The van der Waals surface area contributed by atoms with Crippen molar-refractivity contribution in [2.45, 2.75) is 31.2 Å². The van der Waals surface area contributed by atoms with Gasteiger partial charge in [-0.05, 0) is 35.7 Å². The Morgan fingerprint density at radius 3 is 2.60 bits per heavy atom. The third kappa shape index (κ3) is 4.46. The minimum Gasteiger partial charge on any atom is -0.467 e. The lowest BCUT2D eigenvalue weighted by atomic mass is 10.0. The van der Waals surface area contributed by atoms with Crippen molar-refractivity contribution >= 4 is 17.7 Å². The molecule has 0 saturated heterocycles. The fourth-order valence-electron chi connectivity index (χ4n) is 1.75. The molecule has 2 aromatic rings. The summed E-state index contributed by atoms with van der Waals surface area (Å²) in [4.78, 5) is 12.8. The van der Waals surface area contributed by atoms with Crippen LogP contribution in [0.15, 0.2) is 52.0 Å². The second-order valence-electron chi connectivity index (χ2n) is 4.87. The van der Waals surface area contributed by atoms with Crippen molar-refractivity contribution in [2.24, 2.45) is 0 Å². The first kappa shape index (κ1) is 14.7. The Bertz CT molecular complexity index is 532. The molecule has 1 heterocycles. The Morgan fingerprint density at radius 2 is 2.00 bits per heavy atom. The van der Waals surface area contributed by atoms with Gasteiger partial charge in [-0.15, -0.1) is 11.8 Å². The SMILES string of the molecule is CC(C)c1ccc(SCC(=O)NCc2ccco2)cc1. The van der Waals surface area contributed by atoms with E-state index in [1.54, 1.807) is 18.0 Å². The third-order valence-electron chi connectivity index (χ3n) is 2.96. The van der Waals surface area contributed by atoms with E-state index >= 15 is 0 Å². The van der Waals surface area contributed by atoms with Gasteiger partial charge >= 0.3 is 0 Å². The van der Waals surface area contributed by atoms with Gasteiger partial charge in [0.2, 0.25) is 5.91 Å². The molecule has 0 bridgehead atoms. The zero-order chi connectivity index (χ0) is 14.4. The molecule has 0 atom stereocenters. The molecule has 0 aliphatic carbocycles. The standard InChI is InChI=1S/C16H19NO2S/c1-12(2)13-5-7-15(8-6-13)20-11-16(18)17-10-14-4-3-9-19-14/h3-9,12H,10-11H2,1-2H3,(H,17,18). The van der Waals surface area contributed by atoms with E-state index in [9.17, 15) is 4.79 Å². The van der Waals surface area contributed by atoms with Crippen molar-refractivity contribution in [1.82, 2.24) is 5.32 Å². The number of furan rings is 1. The van der Waals surface area contributed by atoms with Crippen LogP contribution in [-0.2, 0) is 11.3 Å². The van der Waals surface area contributed by atoms with Gasteiger partial charge in [0.25, 0.3) is 0 Å². The van der Waals surface area contributed by atoms with E-state index in [2.05, 4.69) is 43.4 Å². The van der Waals surface area contributed by atoms with Gasteiger partial charge in [0.15, 0.2) is 0 Å². The largest absolute Gasteiger partial charge is 0.467 e. The third-order valence-corrected chi connectivity index (χ3v) is 3.97. The number of carbonyl (C=O) groups excluding carboxylic acids is 1. The van der Waals surface area contributed by atoms with Crippen molar-refractivity contribution < 1.29 is 9.21 Å². The Kier molecular flexibility index (Phi) is 5.30. The molecule has 3 nitrogen and oxygen atoms in total. The van der Waals surface area contributed by atoms with Crippen LogP contribution in [0.2, 0.25) is 0 Å². The molecule has 0 unspecified atom stereocenters. The van der Waals surface area contributed by atoms with Gasteiger partial charge in [-0.2, -0.15) is 0 Å². The number of hydrogen-bond acceptors (Lipinski definition) is 3. The molecular weight excluding hydrogens is 270 g/mol. The van der Waals surface area contributed by atoms with Gasteiger partial charge in [-0.1, -0.05) is 26.0 Å². The number of nitrogens with one attached hydrogen (secondary N) is 1. The highest BCUT2D eigenvalue weighted by Gasteiger charge is 2.05. The van der Waals surface area contributed by atoms with Gasteiger partial charge in [0.1, 0.15) is 5.76 Å². The van der Waals surface area contributed by atoms with Crippen LogP contribution in [0.4, 0.5) is 0 Å². The predicted octanol–water partition coefficient (Wildman–Crippen LogP) is 3.81. The van der Waals surface area contributed by atoms with Gasteiger partial charge < -0.3 is 9.73 Å². The highest BCUT2D eigenvalue weighted by atomic mass is 32.2. The van der Waals surface area contributed by atoms with Gasteiger partial charge in [0, 0.05) is 4.90 Å². The van der Waals surface area contributed by atoms with Crippen molar-refractivity contribution in [3.63, 3.8) is 0 Å². The quantitative estimate of drug-likeness (QED) is 0.822. The van der Waals surface area contributed by atoms with Crippen LogP contribution < -0.4 is 5.32 Å². The zero-order valence-electron chi connectivity index (χ0n) is 11.8. The summed E-state index contributed by atoms with van der Waals surface area (Å²) in [5.41, 5.74) is 1.32. The van der Waals surface area contributed by atoms with E-state index in [-0.39, 0.29) is 5.91 Å². The molecule has 2 rings (SSSR count). The Morgan fingerprint density at radius 1 is 1.25 bits per heavy atom. The second-order valence-corrected chi connectivity index (χ2v) is 5.92. The average molecular weight is 289 g/mol. The maximum atomic E-state index is 11.7. The number of thioether (sulfide) groups is 1. The summed E-state index contributed by atoms with van der Waals surface area (Å²) in [6.07, 6.45) is 1.60. The molecule has 0 spiro atoms. The van der Waals surface area contributed by atoms with Crippen LogP contribution in [0, 0.1) is 0 Å². The smallest absolute Gasteiger partial charge is 0.230 e. The first-order chi connectivity index (χ1) is 9.65. The first-order valence-electron chi connectivity index (χ1n) is 6.67. The molecule has 0 radical (unpaired) electrons. The molecular formula is C16H19NO2S. The van der Waals surface area contributed by atoms with Crippen LogP contribution in [0.3, 0.4) is 0 Å². The highest BCUT2D eigenvalue weighted by Crippen LogP contribution is 2.21. The first-order valence-corrected chi connectivity index (χ1v) is 7.65. The molecule has 0 aliphatic heterocycles. The summed E-state index contributed by atoms with van der Waals surface area (Å²) < 4.78 is 5.16. The summed E-state index contributed by atoms with van der Waals surface area (Å²) in [6, 6.07) is 12.0. The molecule has 0 saturated carbocycles. The lowest BCUT2D eigenvalue weighted by Gasteiger charge is -2.07. The second kappa shape index (κ2) is 7.20. The monoisotopic (exact) mass is 289 g/mol. The number of amides is 1. The molecule has 1 aromatic carbocycles. The number of hydrogen-bond donors (Lipinski definition) is 1. The summed E-state index contributed by atoms with van der Waals surface area (Å²) in [7, 11) is 0. The van der Waals surface area contributed by atoms with E-state index in [1.165, 1.54) is 5.56 Å². The average Bonchev–Trinajstić information content (AvgIpc) is 2.96. The molecule has 1 N–H and O–H groups in total. The van der Waals surface area contributed by atoms with Crippen LogP contribution >= 0.6 is 11.8 Å². The maximum Gasteiger partial charge on any atom is 0.230 e. The van der Waals surface area contributed by atoms with E-state index in [1.807, 2.05) is 12.1 Å². The predicted molar refractivity (Wildman–Crippen MR) is 81.8 cm³/mol. The summed E-state index contributed by atoms with van der Waals surface area (Å²) in [5.74, 6) is 1.73. The number of carbonyl (C=O) groups is 1. The van der Waals surface area contributed by atoms with Crippen LogP contribution in [0.25, 0.3) is 0 Å². The van der Waals surface area contributed by atoms with E-state index < -0.39 is 0 Å². The molecule has 0 aliphatic rings. The van der Waals surface area contributed by atoms with Gasteiger partial charge in [-0.3, -0.25) is 4.79 Å². The van der Waals surface area contributed by atoms with Crippen molar-refractivity contribution in [3.8, 4) is 0 Å². The molecule has 4 heteroatoms. The van der Waals surface area contributed by atoms with Crippen molar-refractivity contribution in [1.29, 1.82) is 0 Å².